The molecular formula is C16H14F3N5. The molecule has 0 bridgehead atoms. The first-order valence-electron chi connectivity index (χ1n) is 7.57. The van der Waals surface area contributed by atoms with Crippen LogP contribution in [0.5, 0.6) is 0 Å². The fourth-order valence-corrected chi connectivity index (χ4v) is 3.23. The Morgan fingerprint density at radius 2 is 2.00 bits per heavy atom. The molecule has 0 fully saturated rings. The zero-order valence-electron chi connectivity index (χ0n) is 12.8. The number of benzene rings is 1. The van der Waals surface area contributed by atoms with E-state index in [1.807, 2.05) is 30.0 Å². The molecule has 1 aliphatic rings. The summed E-state index contributed by atoms with van der Waals surface area (Å²) in [7, 11) is 0. The van der Waals surface area contributed by atoms with E-state index < -0.39 is 11.9 Å². The molecule has 0 saturated heterocycles. The molecule has 0 spiro atoms. The zero-order valence-corrected chi connectivity index (χ0v) is 12.8. The molecule has 3 aromatic rings. The number of aromatic nitrogens is 4. The number of hydrogen-bond acceptors (Lipinski definition) is 4. The maximum absolute atomic E-state index is 13.2. The Labute approximate surface area is 135 Å². The van der Waals surface area contributed by atoms with Crippen molar-refractivity contribution >= 4 is 11.6 Å². The van der Waals surface area contributed by atoms with Crippen LogP contribution >= 0.6 is 0 Å². The predicted molar refractivity (Wildman–Crippen MR) is 81.7 cm³/mol. The van der Waals surface area contributed by atoms with Crippen LogP contribution in [-0.2, 0) is 12.6 Å². The highest BCUT2D eigenvalue weighted by Crippen LogP contribution is 2.36. The summed E-state index contributed by atoms with van der Waals surface area (Å²) in [6.45, 7) is 2.59. The second-order valence-corrected chi connectivity index (χ2v) is 5.79. The quantitative estimate of drug-likeness (QED) is 0.686. The second-order valence-electron chi connectivity index (χ2n) is 5.79. The summed E-state index contributed by atoms with van der Waals surface area (Å²) in [5.74, 6) is 0.303. The van der Waals surface area contributed by atoms with Gasteiger partial charge in [0.05, 0.1) is 6.04 Å². The lowest BCUT2D eigenvalue weighted by Crippen LogP contribution is -2.35. The van der Waals surface area contributed by atoms with E-state index in [-0.39, 0.29) is 11.8 Å². The van der Waals surface area contributed by atoms with E-state index in [1.165, 1.54) is 16.4 Å². The van der Waals surface area contributed by atoms with Gasteiger partial charge >= 0.3 is 6.18 Å². The van der Waals surface area contributed by atoms with E-state index >= 15 is 0 Å². The van der Waals surface area contributed by atoms with Crippen LogP contribution in [0, 0.1) is 0 Å². The molecule has 0 unspecified atom stereocenters. The van der Waals surface area contributed by atoms with Crippen molar-refractivity contribution in [1.82, 2.24) is 19.6 Å². The molecular weight excluding hydrogens is 319 g/mol. The largest absolute Gasteiger partial charge is 0.433 e. The van der Waals surface area contributed by atoms with E-state index in [1.54, 1.807) is 0 Å². The molecule has 0 N–H and O–H groups in total. The van der Waals surface area contributed by atoms with Crippen molar-refractivity contribution in [3.63, 3.8) is 0 Å². The summed E-state index contributed by atoms with van der Waals surface area (Å²) < 4.78 is 40.9. The molecule has 1 atom stereocenters. The van der Waals surface area contributed by atoms with E-state index in [0.717, 1.165) is 18.1 Å². The number of hydrogen-bond donors (Lipinski definition) is 0. The Bertz CT molecular complexity index is 902. The van der Waals surface area contributed by atoms with E-state index in [0.29, 0.717) is 12.4 Å². The lowest BCUT2D eigenvalue weighted by atomic mass is 9.93. The molecule has 4 rings (SSSR count). The normalized spacial score (nSPS) is 18.0. The molecule has 3 heterocycles. The van der Waals surface area contributed by atoms with Gasteiger partial charge in [-0.05, 0) is 24.5 Å². The molecule has 0 amide bonds. The van der Waals surface area contributed by atoms with Crippen LogP contribution in [0.3, 0.4) is 0 Å². The zero-order chi connectivity index (χ0) is 16.9. The third-order valence-electron chi connectivity index (χ3n) is 4.41. The molecule has 2 aromatic heterocycles. The smallest absolute Gasteiger partial charge is 0.349 e. The Hall–Kier alpha value is -2.64. The van der Waals surface area contributed by atoms with Crippen molar-refractivity contribution < 1.29 is 13.2 Å². The van der Waals surface area contributed by atoms with Crippen LogP contribution in [0.25, 0.3) is 5.78 Å². The maximum atomic E-state index is 13.2. The molecule has 1 aromatic carbocycles. The topological polar surface area (TPSA) is 46.3 Å². The van der Waals surface area contributed by atoms with E-state index in [2.05, 4.69) is 21.1 Å². The van der Waals surface area contributed by atoms with Crippen LogP contribution in [0.1, 0.15) is 29.8 Å². The number of rotatable bonds is 1. The van der Waals surface area contributed by atoms with Gasteiger partial charge in [0, 0.05) is 12.6 Å². The molecule has 8 heteroatoms. The number of fused-ring (bicyclic) bond motifs is 2. The van der Waals surface area contributed by atoms with E-state index in [9.17, 15) is 13.2 Å². The lowest BCUT2D eigenvalue weighted by molar-refractivity contribution is -0.141. The molecule has 124 valence electrons. The van der Waals surface area contributed by atoms with Gasteiger partial charge < -0.3 is 4.90 Å². The Kier molecular flexibility index (Phi) is 3.22. The van der Waals surface area contributed by atoms with Crippen molar-refractivity contribution in [1.29, 1.82) is 0 Å². The number of alkyl halides is 3. The maximum Gasteiger partial charge on any atom is 0.433 e. The average molecular weight is 333 g/mol. The molecule has 0 saturated carbocycles. The van der Waals surface area contributed by atoms with Gasteiger partial charge in [0.1, 0.15) is 12.1 Å². The van der Waals surface area contributed by atoms with Crippen molar-refractivity contribution in [3.8, 4) is 0 Å². The van der Waals surface area contributed by atoms with Gasteiger partial charge in [-0.25, -0.2) is 4.98 Å². The molecule has 0 radical (unpaired) electrons. The minimum atomic E-state index is -4.53. The van der Waals surface area contributed by atoms with E-state index in [4.69, 9.17) is 0 Å². The summed E-state index contributed by atoms with van der Waals surface area (Å²) in [4.78, 5) is 9.32. The SMILES string of the molecule is C[C@H]1c2ccccc2CCN1c1cc(C(F)(F)F)nc2ncnn12. The van der Waals surface area contributed by atoms with Gasteiger partial charge in [-0.1, -0.05) is 24.3 Å². The van der Waals surface area contributed by atoms with Crippen LogP contribution in [0.4, 0.5) is 19.0 Å². The summed E-state index contributed by atoms with van der Waals surface area (Å²) in [6, 6.07) is 8.97. The minimum absolute atomic E-state index is 0.0501. The highest BCUT2D eigenvalue weighted by Gasteiger charge is 2.35. The monoisotopic (exact) mass is 333 g/mol. The van der Waals surface area contributed by atoms with Gasteiger partial charge in [-0.15, -0.1) is 0 Å². The average Bonchev–Trinajstić information content (AvgIpc) is 3.02. The number of nitrogens with zero attached hydrogens (tertiary/aromatic N) is 5. The molecule has 0 aliphatic carbocycles. The fraction of sp³-hybridized carbons (Fsp3) is 0.312. The van der Waals surface area contributed by atoms with Crippen LogP contribution < -0.4 is 4.90 Å². The van der Waals surface area contributed by atoms with Gasteiger partial charge in [-0.2, -0.15) is 27.8 Å². The highest BCUT2D eigenvalue weighted by atomic mass is 19.4. The summed E-state index contributed by atoms with van der Waals surface area (Å²) in [6.07, 6.45) is -2.55. The predicted octanol–water partition coefficient (Wildman–Crippen LogP) is 3.27. The minimum Gasteiger partial charge on any atom is -0.349 e. The molecule has 1 aliphatic heterocycles. The second kappa shape index (κ2) is 5.19. The summed E-state index contributed by atoms with van der Waals surface area (Å²) in [5.41, 5.74) is 1.38. The Morgan fingerprint density at radius 1 is 1.21 bits per heavy atom. The van der Waals surface area contributed by atoms with Crippen molar-refractivity contribution in [2.45, 2.75) is 25.6 Å². The molecule has 5 nitrogen and oxygen atoms in total. The first-order valence-corrected chi connectivity index (χ1v) is 7.57. The first-order chi connectivity index (χ1) is 11.4. The standard InChI is InChI=1S/C16H14F3N5/c1-10-12-5-3-2-4-11(12)6-7-23(10)14-8-13(16(17,18)19)22-15-20-9-21-24(14)15/h2-5,8-10H,6-7H2,1H3/t10-/m0/s1. The third-order valence-corrected chi connectivity index (χ3v) is 4.41. The summed E-state index contributed by atoms with van der Waals surface area (Å²) in [5, 5.41) is 4.04. The van der Waals surface area contributed by atoms with Gasteiger partial charge in [0.25, 0.3) is 5.78 Å². The van der Waals surface area contributed by atoms with Gasteiger partial charge in [-0.3, -0.25) is 0 Å². The third kappa shape index (κ3) is 2.29. The van der Waals surface area contributed by atoms with Gasteiger partial charge in [0.2, 0.25) is 0 Å². The Balaban J connectivity index is 1.86. The van der Waals surface area contributed by atoms with Crippen molar-refractivity contribution in [3.05, 3.63) is 53.5 Å². The number of anilines is 1. The lowest BCUT2D eigenvalue weighted by Gasteiger charge is -2.36. The van der Waals surface area contributed by atoms with Gasteiger partial charge in [0.15, 0.2) is 5.69 Å². The van der Waals surface area contributed by atoms with Crippen LogP contribution in [0.15, 0.2) is 36.7 Å². The summed E-state index contributed by atoms with van der Waals surface area (Å²) >= 11 is 0. The fourth-order valence-electron chi connectivity index (χ4n) is 3.23. The highest BCUT2D eigenvalue weighted by molar-refractivity contribution is 5.52. The van der Waals surface area contributed by atoms with Crippen molar-refractivity contribution in [2.75, 3.05) is 11.4 Å². The Morgan fingerprint density at radius 3 is 2.79 bits per heavy atom. The van der Waals surface area contributed by atoms with Crippen LogP contribution in [-0.4, -0.2) is 26.1 Å². The van der Waals surface area contributed by atoms with Crippen molar-refractivity contribution in [2.24, 2.45) is 0 Å². The van der Waals surface area contributed by atoms with Crippen LogP contribution in [0.2, 0.25) is 0 Å². The molecule has 24 heavy (non-hydrogen) atoms. The number of halogens is 3. The first kappa shape index (κ1) is 14.9.